The van der Waals surface area contributed by atoms with Crippen molar-refractivity contribution in [1.29, 1.82) is 0 Å². The largest absolute Gasteiger partial charge is 0.495 e. The van der Waals surface area contributed by atoms with E-state index in [1.165, 1.54) is 35.7 Å². The Labute approximate surface area is 234 Å². The molecule has 4 rings (SSSR count). The Bertz CT molecular complexity index is 1550. The van der Waals surface area contributed by atoms with Gasteiger partial charge in [0.2, 0.25) is 15.9 Å². The van der Waals surface area contributed by atoms with E-state index >= 15 is 0 Å². The average Bonchev–Trinajstić information content (AvgIpc) is 2.90. The van der Waals surface area contributed by atoms with Gasteiger partial charge in [-0.1, -0.05) is 35.9 Å². The van der Waals surface area contributed by atoms with E-state index in [2.05, 4.69) is 10.0 Å². The second-order valence-electron chi connectivity index (χ2n) is 9.34. The molecule has 12 heteroatoms. The second kappa shape index (κ2) is 12.0. The molecule has 0 atom stereocenters. The van der Waals surface area contributed by atoms with Crippen LogP contribution in [0.5, 0.6) is 5.75 Å². The number of amides is 1. The van der Waals surface area contributed by atoms with Gasteiger partial charge in [0.25, 0.3) is 10.0 Å². The van der Waals surface area contributed by atoms with Gasteiger partial charge < -0.3 is 10.1 Å². The lowest BCUT2D eigenvalue weighted by Gasteiger charge is -2.30. The van der Waals surface area contributed by atoms with Crippen molar-refractivity contribution in [3.63, 3.8) is 0 Å². The van der Waals surface area contributed by atoms with Crippen LogP contribution in [0, 0.1) is 12.8 Å². The van der Waals surface area contributed by atoms with E-state index in [-0.39, 0.29) is 35.6 Å². The highest BCUT2D eigenvalue weighted by atomic mass is 35.5. The quantitative estimate of drug-likeness (QED) is 0.374. The molecule has 0 saturated carbocycles. The Balaban J connectivity index is 1.34. The molecule has 1 amide bonds. The number of rotatable bonds is 9. The third kappa shape index (κ3) is 7.10. The van der Waals surface area contributed by atoms with Crippen LogP contribution in [0.15, 0.2) is 71.6 Å². The molecular weight excluding hydrogens is 562 g/mol. The lowest BCUT2D eigenvalue weighted by atomic mass is 9.97. The number of anilines is 2. The first-order valence-electron chi connectivity index (χ1n) is 12.3. The summed E-state index contributed by atoms with van der Waals surface area (Å²) in [5.41, 5.74) is 2.18. The summed E-state index contributed by atoms with van der Waals surface area (Å²) < 4.78 is 60.7. The number of nitrogens with one attached hydrogen (secondary N) is 2. The maximum absolute atomic E-state index is 12.9. The third-order valence-electron chi connectivity index (χ3n) is 6.55. The highest BCUT2D eigenvalue weighted by Crippen LogP contribution is 2.29. The van der Waals surface area contributed by atoms with E-state index < -0.39 is 20.0 Å². The van der Waals surface area contributed by atoms with Crippen LogP contribution in [0.1, 0.15) is 24.0 Å². The maximum Gasteiger partial charge on any atom is 0.262 e. The molecule has 2 N–H and O–H groups in total. The van der Waals surface area contributed by atoms with E-state index in [4.69, 9.17) is 16.3 Å². The van der Waals surface area contributed by atoms with Gasteiger partial charge in [-0.2, -0.15) is 0 Å². The predicted molar refractivity (Wildman–Crippen MR) is 152 cm³/mol. The number of ether oxygens (including phenoxy) is 1. The molecule has 3 aromatic rings. The lowest BCUT2D eigenvalue weighted by molar-refractivity contribution is -0.120. The normalized spacial score (nSPS) is 15.1. The van der Waals surface area contributed by atoms with Crippen LogP contribution in [0.4, 0.5) is 11.4 Å². The Morgan fingerprint density at radius 2 is 1.67 bits per heavy atom. The van der Waals surface area contributed by atoms with Crippen molar-refractivity contribution in [2.45, 2.75) is 30.4 Å². The minimum absolute atomic E-state index is 0.0288. The molecule has 0 aliphatic carbocycles. The first-order chi connectivity index (χ1) is 18.5. The highest BCUT2D eigenvalue weighted by molar-refractivity contribution is 7.92. The van der Waals surface area contributed by atoms with E-state index in [1.54, 1.807) is 36.4 Å². The number of hydrogen-bond donors (Lipinski definition) is 2. The third-order valence-corrected chi connectivity index (χ3v) is 10.1. The Morgan fingerprint density at radius 3 is 2.31 bits per heavy atom. The predicted octanol–water partition coefficient (Wildman–Crippen LogP) is 4.64. The van der Waals surface area contributed by atoms with Crippen LogP contribution in [-0.4, -0.2) is 47.2 Å². The standard InChI is InChI=1S/C27H30ClN3O6S2/c1-19-7-12-26(37-2)25(17-19)30-39(35,36)23-10-8-22(9-11-23)29-27(32)20-13-15-31(16-14-20)38(33,34)18-21-5-3-4-6-24(21)28/h3-12,17,20,30H,13-16,18H2,1-2H3,(H,29,32). The summed E-state index contributed by atoms with van der Waals surface area (Å²) in [4.78, 5) is 12.9. The van der Waals surface area contributed by atoms with E-state index in [1.807, 2.05) is 13.0 Å². The van der Waals surface area contributed by atoms with Crippen molar-refractivity contribution in [3.8, 4) is 5.75 Å². The molecule has 1 aliphatic rings. The van der Waals surface area contributed by atoms with Crippen molar-refractivity contribution in [2.24, 2.45) is 5.92 Å². The van der Waals surface area contributed by atoms with Crippen molar-refractivity contribution >= 4 is 48.9 Å². The minimum atomic E-state index is -3.89. The van der Waals surface area contributed by atoms with Crippen LogP contribution in [0.25, 0.3) is 0 Å². The Hall–Kier alpha value is -3.12. The van der Waals surface area contributed by atoms with Gasteiger partial charge >= 0.3 is 0 Å². The van der Waals surface area contributed by atoms with Gasteiger partial charge in [0.1, 0.15) is 5.75 Å². The number of nitrogens with zero attached hydrogens (tertiary/aromatic N) is 1. The van der Waals surface area contributed by atoms with E-state index in [0.29, 0.717) is 40.6 Å². The van der Waals surface area contributed by atoms with Crippen LogP contribution in [0.2, 0.25) is 5.02 Å². The highest BCUT2D eigenvalue weighted by Gasteiger charge is 2.31. The van der Waals surface area contributed by atoms with Gasteiger partial charge in [0.15, 0.2) is 0 Å². The molecule has 1 aliphatic heterocycles. The number of halogens is 1. The number of carbonyl (C=O) groups is 1. The van der Waals surface area contributed by atoms with Crippen molar-refractivity contribution in [3.05, 3.63) is 82.9 Å². The van der Waals surface area contributed by atoms with E-state index in [0.717, 1.165) is 5.56 Å². The van der Waals surface area contributed by atoms with Crippen LogP contribution < -0.4 is 14.8 Å². The van der Waals surface area contributed by atoms with Crippen LogP contribution >= 0.6 is 11.6 Å². The summed E-state index contributed by atoms with van der Waals surface area (Å²) in [6.07, 6.45) is 0.755. The van der Waals surface area contributed by atoms with Gasteiger partial charge in [-0.25, -0.2) is 21.1 Å². The lowest BCUT2D eigenvalue weighted by Crippen LogP contribution is -2.41. The summed E-state index contributed by atoms with van der Waals surface area (Å²) in [7, 11) is -5.99. The SMILES string of the molecule is COc1ccc(C)cc1NS(=O)(=O)c1ccc(NC(=O)C2CCN(S(=O)(=O)Cc3ccccc3Cl)CC2)cc1. The molecule has 0 radical (unpaired) electrons. The molecular formula is C27H30ClN3O6S2. The van der Waals surface area contributed by atoms with E-state index in [9.17, 15) is 21.6 Å². The number of sulfonamides is 2. The fourth-order valence-electron chi connectivity index (χ4n) is 4.37. The molecule has 3 aromatic carbocycles. The average molecular weight is 592 g/mol. The number of piperidine rings is 1. The van der Waals surface area contributed by atoms with Crippen molar-refractivity contribution < 1.29 is 26.4 Å². The first-order valence-corrected chi connectivity index (χ1v) is 15.7. The van der Waals surface area contributed by atoms with Gasteiger partial charge in [-0.05, 0) is 73.4 Å². The zero-order valence-electron chi connectivity index (χ0n) is 21.6. The second-order valence-corrected chi connectivity index (χ2v) is 13.4. The number of benzene rings is 3. The van der Waals surface area contributed by atoms with Crippen LogP contribution in [0.3, 0.4) is 0 Å². The summed E-state index contributed by atoms with van der Waals surface area (Å²) >= 11 is 6.12. The molecule has 9 nitrogen and oxygen atoms in total. The molecule has 39 heavy (non-hydrogen) atoms. The van der Waals surface area contributed by atoms with Crippen molar-refractivity contribution in [2.75, 3.05) is 30.2 Å². The summed E-state index contributed by atoms with van der Waals surface area (Å²) in [6.45, 7) is 2.31. The topological polar surface area (TPSA) is 122 Å². The van der Waals surface area contributed by atoms with Gasteiger partial charge in [-0.15, -0.1) is 0 Å². The molecule has 0 aromatic heterocycles. The Morgan fingerprint density at radius 1 is 1.00 bits per heavy atom. The molecule has 0 spiro atoms. The Kier molecular flexibility index (Phi) is 8.85. The zero-order valence-corrected chi connectivity index (χ0v) is 23.9. The summed E-state index contributed by atoms with van der Waals surface area (Å²) in [5.74, 6) is -0.396. The van der Waals surface area contributed by atoms with Gasteiger partial charge in [0, 0.05) is 29.7 Å². The molecule has 1 fully saturated rings. The summed E-state index contributed by atoms with van der Waals surface area (Å²) in [5, 5.41) is 3.21. The summed E-state index contributed by atoms with van der Waals surface area (Å²) in [6, 6.07) is 17.9. The fraction of sp³-hybridized carbons (Fsp3) is 0.296. The number of methoxy groups -OCH3 is 1. The maximum atomic E-state index is 12.9. The number of carbonyl (C=O) groups excluding carboxylic acids is 1. The smallest absolute Gasteiger partial charge is 0.262 e. The zero-order chi connectivity index (χ0) is 28.2. The number of aryl methyl sites for hydroxylation is 1. The molecule has 0 bridgehead atoms. The molecule has 208 valence electrons. The monoisotopic (exact) mass is 591 g/mol. The molecule has 0 unspecified atom stereocenters. The number of hydrogen-bond acceptors (Lipinski definition) is 6. The molecule has 1 saturated heterocycles. The first kappa shape index (κ1) is 28.9. The van der Waals surface area contributed by atoms with Crippen LogP contribution in [-0.2, 0) is 30.6 Å². The minimum Gasteiger partial charge on any atom is -0.495 e. The fourth-order valence-corrected chi connectivity index (χ4v) is 7.30. The van der Waals surface area contributed by atoms with Gasteiger partial charge in [-0.3, -0.25) is 9.52 Å². The molecule has 1 heterocycles. The van der Waals surface area contributed by atoms with Crippen molar-refractivity contribution in [1.82, 2.24) is 4.31 Å². The van der Waals surface area contributed by atoms with Gasteiger partial charge in [0.05, 0.1) is 23.4 Å².